The molecule has 0 atom stereocenters. The van der Waals surface area contributed by atoms with Crippen molar-refractivity contribution in [1.82, 2.24) is 14.7 Å². The average molecular weight is 528 g/mol. The lowest BCUT2D eigenvalue weighted by molar-refractivity contribution is -0.143. The summed E-state index contributed by atoms with van der Waals surface area (Å²) in [7, 11) is 0. The number of carbonyl (C=O) groups is 3. The van der Waals surface area contributed by atoms with Crippen molar-refractivity contribution in [2.45, 2.75) is 45.2 Å². The van der Waals surface area contributed by atoms with E-state index in [4.69, 9.17) is 0 Å². The standard InChI is InChI=1S/C27H27F2N3O6/c1-15-21(12-30-32(15)20-7-5-17(6-8-20)27(37)38)26(36)31(13-16-9-18(28)11-19(29)10-16)14-24(35)25-22(33)3-2-4-23(25)34/h2-4,9-12,17,20,33-34H,5-8,13-14H2,1H3,(H,37,38). The van der Waals surface area contributed by atoms with Crippen molar-refractivity contribution in [2.24, 2.45) is 5.92 Å². The molecule has 1 amide bonds. The fourth-order valence-corrected chi connectivity index (χ4v) is 4.93. The van der Waals surface area contributed by atoms with Crippen molar-refractivity contribution >= 4 is 17.7 Å². The summed E-state index contributed by atoms with van der Waals surface area (Å²) in [5.74, 6) is -5.30. The normalized spacial score (nSPS) is 17.2. The molecule has 0 unspecified atom stereocenters. The van der Waals surface area contributed by atoms with Crippen molar-refractivity contribution < 1.29 is 38.5 Å². The molecular formula is C27H27F2N3O6. The molecular weight excluding hydrogens is 500 g/mol. The Morgan fingerprint density at radius 2 is 1.63 bits per heavy atom. The first-order valence-corrected chi connectivity index (χ1v) is 12.1. The lowest BCUT2D eigenvalue weighted by atomic mass is 9.86. The smallest absolute Gasteiger partial charge is 0.306 e. The zero-order valence-electron chi connectivity index (χ0n) is 20.6. The number of aromatic nitrogens is 2. The third kappa shape index (κ3) is 5.66. The number of hydrogen-bond acceptors (Lipinski definition) is 6. The maximum atomic E-state index is 13.9. The van der Waals surface area contributed by atoms with Crippen LogP contribution in [0.1, 0.15) is 63.7 Å². The van der Waals surface area contributed by atoms with E-state index in [1.54, 1.807) is 11.6 Å². The molecule has 3 aromatic rings. The fraction of sp³-hybridized carbons (Fsp3) is 0.333. The van der Waals surface area contributed by atoms with Gasteiger partial charge in [-0.3, -0.25) is 19.1 Å². The van der Waals surface area contributed by atoms with Crippen molar-refractivity contribution in [3.8, 4) is 11.5 Å². The lowest BCUT2D eigenvalue weighted by Crippen LogP contribution is -2.35. The quantitative estimate of drug-likeness (QED) is 0.374. The van der Waals surface area contributed by atoms with Crippen LogP contribution in [0.5, 0.6) is 11.5 Å². The molecule has 0 radical (unpaired) electrons. The van der Waals surface area contributed by atoms with E-state index in [2.05, 4.69) is 5.10 Å². The molecule has 200 valence electrons. The molecule has 4 rings (SSSR count). The van der Waals surface area contributed by atoms with Gasteiger partial charge in [0.15, 0.2) is 5.78 Å². The number of Topliss-reactive ketones (excluding diaryl/α,β-unsaturated/α-hetero) is 1. The Balaban J connectivity index is 1.62. The summed E-state index contributed by atoms with van der Waals surface area (Å²) >= 11 is 0. The van der Waals surface area contributed by atoms with Gasteiger partial charge in [0.05, 0.1) is 30.3 Å². The molecule has 1 fully saturated rings. The van der Waals surface area contributed by atoms with Gasteiger partial charge in [-0.2, -0.15) is 5.10 Å². The number of carboxylic acid groups (broad SMARTS) is 1. The summed E-state index contributed by atoms with van der Waals surface area (Å²) in [5.41, 5.74) is 0.388. The number of phenolic OH excluding ortho intramolecular Hbond substituents is 2. The number of rotatable bonds is 8. The number of ketones is 1. The minimum absolute atomic E-state index is 0.0993. The maximum absolute atomic E-state index is 13.9. The number of nitrogens with zero attached hydrogens (tertiary/aromatic N) is 3. The third-order valence-corrected chi connectivity index (χ3v) is 6.88. The zero-order valence-corrected chi connectivity index (χ0v) is 20.6. The zero-order chi connectivity index (χ0) is 27.6. The Morgan fingerprint density at radius 1 is 1.03 bits per heavy atom. The van der Waals surface area contributed by atoms with Gasteiger partial charge in [-0.15, -0.1) is 0 Å². The van der Waals surface area contributed by atoms with E-state index in [0.29, 0.717) is 37.4 Å². The number of aliphatic carboxylic acids is 1. The summed E-state index contributed by atoms with van der Waals surface area (Å²) in [6.45, 7) is 0.749. The molecule has 1 aliphatic rings. The minimum atomic E-state index is -0.849. The molecule has 1 aliphatic carbocycles. The van der Waals surface area contributed by atoms with Crippen LogP contribution in [0.15, 0.2) is 42.6 Å². The number of aromatic hydroxyl groups is 2. The Bertz CT molecular complexity index is 1340. The number of benzene rings is 2. The van der Waals surface area contributed by atoms with Gasteiger partial charge in [-0.05, 0) is 62.4 Å². The van der Waals surface area contributed by atoms with Gasteiger partial charge in [0.25, 0.3) is 5.91 Å². The second-order valence-electron chi connectivity index (χ2n) is 9.47. The van der Waals surface area contributed by atoms with Gasteiger partial charge in [0.2, 0.25) is 0 Å². The first kappa shape index (κ1) is 26.8. The predicted octanol–water partition coefficient (Wildman–Crippen LogP) is 4.22. The number of carbonyl (C=O) groups excluding carboxylic acids is 2. The number of phenols is 2. The van der Waals surface area contributed by atoms with Gasteiger partial charge < -0.3 is 20.2 Å². The number of halogens is 2. The molecule has 0 spiro atoms. The van der Waals surface area contributed by atoms with Gasteiger partial charge in [0, 0.05) is 18.3 Å². The van der Waals surface area contributed by atoms with Gasteiger partial charge in [0.1, 0.15) is 28.7 Å². The molecule has 1 aromatic heterocycles. The number of carboxylic acids is 1. The SMILES string of the molecule is Cc1c(C(=O)N(CC(=O)c2c(O)cccc2O)Cc2cc(F)cc(F)c2)cnn1C1CCC(C(=O)O)CC1. The highest BCUT2D eigenvalue weighted by molar-refractivity contribution is 6.05. The Hall–Kier alpha value is -4.28. The minimum Gasteiger partial charge on any atom is -0.507 e. The third-order valence-electron chi connectivity index (χ3n) is 6.88. The van der Waals surface area contributed by atoms with Gasteiger partial charge in [-0.1, -0.05) is 6.07 Å². The number of hydrogen-bond donors (Lipinski definition) is 3. The summed E-state index contributed by atoms with van der Waals surface area (Å²) < 4.78 is 29.4. The highest BCUT2D eigenvalue weighted by Crippen LogP contribution is 2.33. The highest BCUT2D eigenvalue weighted by Gasteiger charge is 2.31. The number of amides is 1. The maximum Gasteiger partial charge on any atom is 0.306 e. The average Bonchev–Trinajstić information content (AvgIpc) is 3.23. The molecule has 11 heteroatoms. The van der Waals surface area contributed by atoms with Crippen LogP contribution in [-0.2, 0) is 11.3 Å². The van der Waals surface area contributed by atoms with Crippen LogP contribution in [0.4, 0.5) is 8.78 Å². The van der Waals surface area contributed by atoms with Crippen LogP contribution in [0.25, 0.3) is 0 Å². The van der Waals surface area contributed by atoms with E-state index in [1.807, 2.05) is 0 Å². The fourth-order valence-electron chi connectivity index (χ4n) is 4.93. The van der Waals surface area contributed by atoms with Crippen LogP contribution < -0.4 is 0 Å². The molecule has 9 nitrogen and oxygen atoms in total. The highest BCUT2D eigenvalue weighted by atomic mass is 19.1. The Kier molecular flexibility index (Phi) is 7.75. The second kappa shape index (κ2) is 11.0. The monoisotopic (exact) mass is 527 g/mol. The van der Waals surface area contributed by atoms with E-state index >= 15 is 0 Å². The summed E-state index contributed by atoms with van der Waals surface area (Å²) in [6, 6.07) is 6.46. The van der Waals surface area contributed by atoms with Crippen molar-refractivity contribution in [1.29, 1.82) is 0 Å². The molecule has 3 N–H and O–H groups in total. The lowest BCUT2D eigenvalue weighted by Gasteiger charge is -2.27. The summed E-state index contributed by atoms with van der Waals surface area (Å²) in [6.07, 6.45) is 3.47. The van der Waals surface area contributed by atoms with E-state index in [9.17, 15) is 38.5 Å². The van der Waals surface area contributed by atoms with Crippen LogP contribution >= 0.6 is 0 Å². The summed E-state index contributed by atoms with van der Waals surface area (Å²) in [4.78, 5) is 39.0. The van der Waals surface area contributed by atoms with Crippen LogP contribution in [0.2, 0.25) is 0 Å². The first-order chi connectivity index (χ1) is 18.0. The van der Waals surface area contributed by atoms with Crippen LogP contribution in [0, 0.1) is 24.5 Å². The van der Waals surface area contributed by atoms with Crippen molar-refractivity contribution in [3.63, 3.8) is 0 Å². The van der Waals surface area contributed by atoms with E-state index in [1.165, 1.54) is 24.4 Å². The largest absolute Gasteiger partial charge is 0.507 e. The first-order valence-electron chi connectivity index (χ1n) is 12.1. The molecule has 0 saturated heterocycles. The molecule has 0 bridgehead atoms. The van der Waals surface area contributed by atoms with E-state index in [0.717, 1.165) is 17.0 Å². The van der Waals surface area contributed by atoms with Crippen LogP contribution in [-0.4, -0.2) is 54.2 Å². The van der Waals surface area contributed by atoms with Crippen molar-refractivity contribution in [2.75, 3.05) is 6.54 Å². The van der Waals surface area contributed by atoms with E-state index in [-0.39, 0.29) is 29.3 Å². The Labute approximate surface area is 216 Å². The molecule has 1 saturated carbocycles. The van der Waals surface area contributed by atoms with E-state index < -0.39 is 53.3 Å². The molecule has 2 aromatic carbocycles. The second-order valence-corrected chi connectivity index (χ2v) is 9.47. The Morgan fingerprint density at radius 3 is 2.21 bits per heavy atom. The van der Waals surface area contributed by atoms with Gasteiger partial charge >= 0.3 is 5.97 Å². The predicted molar refractivity (Wildman–Crippen MR) is 131 cm³/mol. The molecule has 38 heavy (non-hydrogen) atoms. The summed E-state index contributed by atoms with van der Waals surface area (Å²) in [5, 5.41) is 33.8. The molecule has 0 aliphatic heterocycles. The topological polar surface area (TPSA) is 133 Å². The van der Waals surface area contributed by atoms with Crippen LogP contribution in [0.3, 0.4) is 0 Å². The van der Waals surface area contributed by atoms with Crippen molar-refractivity contribution in [3.05, 3.63) is 76.6 Å². The van der Waals surface area contributed by atoms with Gasteiger partial charge in [-0.25, -0.2) is 8.78 Å². The molecule has 1 heterocycles.